The van der Waals surface area contributed by atoms with Gasteiger partial charge in [-0.2, -0.15) is 0 Å². The van der Waals surface area contributed by atoms with Crippen molar-refractivity contribution in [3.05, 3.63) is 79.4 Å². The van der Waals surface area contributed by atoms with Gasteiger partial charge in [0.25, 0.3) is 0 Å². The molecule has 0 atom stereocenters. The fourth-order valence-corrected chi connectivity index (χ4v) is 7.74. The van der Waals surface area contributed by atoms with Crippen molar-refractivity contribution >= 4 is 31.5 Å². The number of nitrogens with one attached hydrogen (secondary N) is 1. The van der Waals surface area contributed by atoms with Crippen LogP contribution in [0.2, 0.25) is 0 Å². The van der Waals surface area contributed by atoms with Crippen LogP contribution in [-0.2, 0) is 22.4 Å². The van der Waals surface area contributed by atoms with Gasteiger partial charge in [0.05, 0.1) is 19.3 Å². The Kier molecular flexibility index (Phi) is 16.2. The Hall–Kier alpha value is -2.64. The topological polar surface area (TPSA) is 55.0 Å². The molecule has 0 unspecified atom stereocenters. The van der Waals surface area contributed by atoms with Crippen LogP contribution in [-0.4, -0.2) is 23.2 Å². The van der Waals surface area contributed by atoms with Crippen molar-refractivity contribution in [3.8, 4) is 0 Å². The molecule has 0 aliphatic rings. The predicted octanol–water partition coefficient (Wildman–Crippen LogP) is 10.4. The molecule has 266 valence electrons. The second-order valence-corrected chi connectivity index (χ2v) is 16.8. The van der Waals surface area contributed by atoms with E-state index in [1.807, 2.05) is 60.7 Å². The molecule has 5 nitrogen and oxygen atoms in total. The maximum absolute atomic E-state index is 14.0. The molecule has 0 fully saturated rings. The Morgan fingerprint density at radius 2 is 1.17 bits per heavy atom. The zero-order valence-electron chi connectivity index (χ0n) is 27.4. The van der Waals surface area contributed by atoms with E-state index in [4.69, 9.17) is 0 Å². The SMILES string of the molecule is CCCCCCCCCCCCCC[n+]1ccn(CCCNC(=O)CP(=O)(c2ccccc2)c2ccccc2)c1.F[P-](F)(F)(F)(F)F. The Balaban J connectivity index is 0.000000984. The number of unbranched alkanes of at least 4 members (excludes halogenated alkanes) is 11. The van der Waals surface area contributed by atoms with Gasteiger partial charge in [-0.25, -0.2) is 9.13 Å². The number of rotatable bonds is 21. The van der Waals surface area contributed by atoms with Crippen LogP contribution in [0.25, 0.3) is 0 Å². The van der Waals surface area contributed by atoms with Gasteiger partial charge in [-0.1, -0.05) is 132 Å². The third-order valence-electron chi connectivity index (χ3n) is 7.64. The van der Waals surface area contributed by atoms with Crippen LogP contribution in [0.5, 0.6) is 0 Å². The van der Waals surface area contributed by atoms with Crippen molar-refractivity contribution in [2.24, 2.45) is 0 Å². The summed E-state index contributed by atoms with van der Waals surface area (Å²) >= 11 is 0. The van der Waals surface area contributed by atoms with Crippen LogP contribution in [0.3, 0.4) is 0 Å². The number of benzene rings is 2. The van der Waals surface area contributed by atoms with E-state index in [1.54, 1.807) is 0 Å². The van der Waals surface area contributed by atoms with Crippen molar-refractivity contribution in [1.82, 2.24) is 9.88 Å². The summed E-state index contributed by atoms with van der Waals surface area (Å²) in [5, 5.41) is 4.45. The Morgan fingerprint density at radius 1 is 0.723 bits per heavy atom. The number of hydrogen-bond donors (Lipinski definition) is 1. The third-order valence-corrected chi connectivity index (χ3v) is 10.6. The number of amides is 1. The van der Waals surface area contributed by atoms with E-state index in [1.165, 1.54) is 77.0 Å². The van der Waals surface area contributed by atoms with E-state index in [9.17, 15) is 34.5 Å². The standard InChI is InChI=1S/C34H50N3O2P.F6P/c1-2-3-4-5-6-7-8-9-10-11-12-19-26-36-28-29-37(31-36)27-20-25-35-34(38)30-40(39,32-21-15-13-16-22-32)33-23-17-14-18-24-33;1-7(2,3,4,5)6/h13-18,21-24,28-29,31H,2-12,19-20,25-27,30H2,1H3;/q;-1/p+1. The molecule has 0 aliphatic heterocycles. The molecule has 0 radical (unpaired) electrons. The number of halogens is 6. The summed E-state index contributed by atoms with van der Waals surface area (Å²) < 4.78 is 77.7. The number of imidazole rings is 1. The molecular weight excluding hydrogens is 658 g/mol. The van der Waals surface area contributed by atoms with Gasteiger partial charge in [-0.05, 0) is 12.8 Å². The number of aromatic nitrogens is 2. The van der Waals surface area contributed by atoms with Crippen LogP contribution in [0.15, 0.2) is 79.4 Å². The summed E-state index contributed by atoms with van der Waals surface area (Å²) in [5.41, 5.74) is 0. The minimum absolute atomic E-state index is 0.0103. The molecule has 0 bridgehead atoms. The van der Waals surface area contributed by atoms with Gasteiger partial charge in [0.2, 0.25) is 12.2 Å². The average molecular weight is 710 g/mol. The molecule has 2 aromatic carbocycles. The second kappa shape index (κ2) is 18.8. The van der Waals surface area contributed by atoms with Gasteiger partial charge in [-0.3, -0.25) is 4.79 Å². The molecule has 0 aliphatic carbocycles. The first-order chi connectivity index (χ1) is 22.1. The number of carbonyl (C=O) groups excluding carboxylic acids is 1. The van der Waals surface area contributed by atoms with E-state index >= 15 is 0 Å². The van der Waals surface area contributed by atoms with Crippen molar-refractivity contribution in [1.29, 1.82) is 0 Å². The molecule has 0 spiro atoms. The van der Waals surface area contributed by atoms with Crippen LogP contribution < -0.4 is 20.5 Å². The summed E-state index contributed by atoms with van der Waals surface area (Å²) in [4.78, 5) is 12.8. The second-order valence-electron chi connectivity index (χ2n) is 12.0. The molecule has 0 saturated carbocycles. The first-order valence-electron chi connectivity index (χ1n) is 16.6. The zero-order chi connectivity index (χ0) is 34.7. The van der Waals surface area contributed by atoms with Gasteiger partial charge in [-0.15, -0.1) is 0 Å². The molecule has 3 rings (SSSR count). The Bertz CT molecular complexity index is 1300. The van der Waals surface area contributed by atoms with E-state index in [0.29, 0.717) is 6.54 Å². The summed E-state index contributed by atoms with van der Waals surface area (Å²) in [6.07, 6.45) is 23.7. The summed E-state index contributed by atoms with van der Waals surface area (Å²) in [5.74, 6) is -0.161. The van der Waals surface area contributed by atoms with E-state index in [0.717, 1.165) is 30.1 Å². The van der Waals surface area contributed by atoms with E-state index in [-0.39, 0.29) is 12.1 Å². The van der Waals surface area contributed by atoms with Gasteiger partial charge in [0.15, 0.2) is 7.14 Å². The minimum atomic E-state index is -10.7. The van der Waals surface area contributed by atoms with Gasteiger partial charge in [0.1, 0.15) is 12.4 Å². The van der Waals surface area contributed by atoms with Gasteiger partial charge < -0.3 is 9.88 Å². The molecule has 1 aromatic heterocycles. The third kappa shape index (κ3) is 20.4. The van der Waals surface area contributed by atoms with Crippen molar-refractivity contribution in [2.45, 2.75) is 103 Å². The molecule has 47 heavy (non-hydrogen) atoms. The number of carbonyl (C=O) groups is 1. The Labute approximate surface area is 275 Å². The van der Waals surface area contributed by atoms with E-state index in [2.05, 4.69) is 40.1 Å². The molecule has 13 heteroatoms. The predicted molar refractivity (Wildman–Crippen MR) is 182 cm³/mol. The average Bonchev–Trinajstić information content (AvgIpc) is 3.46. The van der Waals surface area contributed by atoms with Crippen LogP contribution >= 0.6 is 15.0 Å². The quantitative estimate of drug-likeness (QED) is 0.0518. The van der Waals surface area contributed by atoms with Crippen molar-refractivity contribution in [2.75, 3.05) is 12.7 Å². The molecule has 3 aromatic rings. The maximum atomic E-state index is 14.0. The normalized spacial score (nSPS) is 13.3. The molecule has 1 N–H and O–H groups in total. The molecule has 1 amide bonds. The van der Waals surface area contributed by atoms with E-state index < -0.39 is 15.0 Å². The van der Waals surface area contributed by atoms with Crippen LogP contribution in [0.1, 0.15) is 90.4 Å². The fourth-order valence-electron chi connectivity index (χ4n) is 5.26. The number of nitrogens with zero attached hydrogens (tertiary/aromatic N) is 2. The van der Waals surface area contributed by atoms with Gasteiger partial charge >= 0.3 is 33.0 Å². The van der Waals surface area contributed by atoms with Crippen LogP contribution in [0, 0.1) is 0 Å². The Morgan fingerprint density at radius 3 is 1.64 bits per heavy atom. The molecule has 0 saturated heterocycles. The summed E-state index contributed by atoms with van der Waals surface area (Å²) in [6, 6.07) is 18.8. The molecular formula is C34H51F6N3O2P2. The first kappa shape index (κ1) is 40.5. The number of hydrogen-bond acceptors (Lipinski definition) is 2. The van der Waals surface area contributed by atoms with Crippen molar-refractivity contribution in [3.63, 3.8) is 0 Å². The fraction of sp³-hybridized carbons (Fsp3) is 0.529. The summed E-state index contributed by atoms with van der Waals surface area (Å²) in [6.45, 7) is 4.76. The monoisotopic (exact) mass is 709 g/mol. The van der Waals surface area contributed by atoms with Crippen molar-refractivity contribution < 1.29 is 39.1 Å². The summed E-state index contributed by atoms with van der Waals surface area (Å²) in [7, 11) is -13.7. The van der Waals surface area contributed by atoms with Crippen LogP contribution in [0.4, 0.5) is 25.2 Å². The number of aryl methyl sites for hydroxylation is 2. The zero-order valence-corrected chi connectivity index (χ0v) is 29.2. The molecule has 1 heterocycles. The van der Waals surface area contributed by atoms with Gasteiger partial charge in [0, 0.05) is 23.6 Å². The first-order valence-corrected chi connectivity index (χ1v) is 20.6.